The smallest absolute Gasteiger partial charge is 0.105 e. The summed E-state index contributed by atoms with van der Waals surface area (Å²) >= 11 is 0. The van der Waals surface area contributed by atoms with Gasteiger partial charge < -0.3 is 5.11 Å². The zero-order chi connectivity index (χ0) is 13.1. The lowest BCUT2D eigenvalue weighted by Gasteiger charge is -2.33. The molecule has 1 fully saturated rings. The highest BCUT2D eigenvalue weighted by Gasteiger charge is 2.29. The molecule has 0 aliphatic heterocycles. The average molecular weight is 244 g/mol. The van der Waals surface area contributed by atoms with Crippen LogP contribution in [0.25, 0.3) is 0 Å². The van der Waals surface area contributed by atoms with E-state index in [1.165, 1.54) is 19.3 Å². The second-order valence-corrected chi connectivity index (χ2v) is 6.87. The molecule has 1 N–H and O–H groups in total. The van der Waals surface area contributed by atoms with Crippen molar-refractivity contribution in [3.05, 3.63) is 0 Å². The maximum Gasteiger partial charge on any atom is 0.105 e. The molecule has 1 saturated carbocycles. The molecule has 0 radical (unpaired) electrons. The van der Waals surface area contributed by atoms with Gasteiger partial charge in [0.25, 0.3) is 0 Å². The second kappa shape index (κ2) is 6.17. The standard InChI is InChI=1S/C15H29FO/c1-11(2)14(17)9-12-6-5-7-13(8-12)10-15(3,4)16/h11-14,17H,5-10H2,1-4H3/t12-,13?,14?/m0/s1. The minimum atomic E-state index is -1.04. The number of aliphatic hydroxyl groups excluding tert-OH is 1. The summed E-state index contributed by atoms with van der Waals surface area (Å²) in [7, 11) is 0. The minimum Gasteiger partial charge on any atom is -0.393 e. The third-order valence-electron chi connectivity index (χ3n) is 4.01. The lowest BCUT2D eigenvalue weighted by Crippen LogP contribution is -2.26. The lowest BCUT2D eigenvalue weighted by molar-refractivity contribution is 0.0719. The van der Waals surface area contributed by atoms with Crippen molar-refractivity contribution in [1.29, 1.82) is 0 Å². The Hall–Kier alpha value is -0.110. The Morgan fingerprint density at radius 3 is 2.35 bits per heavy atom. The Kier molecular flexibility index (Phi) is 5.43. The molecular formula is C15H29FO. The van der Waals surface area contributed by atoms with E-state index in [4.69, 9.17) is 0 Å². The van der Waals surface area contributed by atoms with Gasteiger partial charge in [-0.15, -0.1) is 0 Å². The molecule has 0 saturated heterocycles. The first-order chi connectivity index (χ1) is 7.78. The molecule has 0 heterocycles. The third kappa shape index (κ3) is 5.85. The van der Waals surface area contributed by atoms with Crippen LogP contribution in [0.15, 0.2) is 0 Å². The van der Waals surface area contributed by atoms with E-state index in [9.17, 15) is 9.50 Å². The largest absolute Gasteiger partial charge is 0.393 e. The summed E-state index contributed by atoms with van der Waals surface area (Å²) in [5.74, 6) is 1.47. The van der Waals surface area contributed by atoms with Crippen LogP contribution in [-0.4, -0.2) is 16.9 Å². The average Bonchev–Trinajstić information content (AvgIpc) is 2.15. The molecule has 2 unspecified atom stereocenters. The van der Waals surface area contributed by atoms with Crippen LogP contribution in [-0.2, 0) is 0 Å². The van der Waals surface area contributed by atoms with E-state index in [2.05, 4.69) is 13.8 Å². The molecule has 1 rings (SSSR count). The fraction of sp³-hybridized carbons (Fsp3) is 1.00. The highest BCUT2D eigenvalue weighted by molar-refractivity contribution is 4.80. The van der Waals surface area contributed by atoms with Crippen molar-refractivity contribution in [1.82, 2.24) is 0 Å². The van der Waals surface area contributed by atoms with E-state index >= 15 is 0 Å². The summed E-state index contributed by atoms with van der Waals surface area (Å²) in [6.45, 7) is 7.49. The Labute approximate surface area is 106 Å². The van der Waals surface area contributed by atoms with Crippen LogP contribution < -0.4 is 0 Å². The lowest BCUT2D eigenvalue weighted by atomic mass is 9.75. The van der Waals surface area contributed by atoms with Crippen molar-refractivity contribution in [3.8, 4) is 0 Å². The number of hydrogen-bond donors (Lipinski definition) is 1. The van der Waals surface area contributed by atoms with E-state index in [1.54, 1.807) is 13.8 Å². The molecule has 0 bridgehead atoms. The van der Waals surface area contributed by atoms with Crippen LogP contribution in [0.4, 0.5) is 4.39 Å². The van der Waals surface area contributed by atoms with Crippen molar-refractivity contribution in [3.63, 3.8) is 0 Å². The summed E-state index contributed by atoms with van der Waals surface area (Å²) in [5, 5.41) is 9.92. The van der Waals surface area contributed by atoms with Crippen molar-refractivity contribution in [2.45, 2.75) is 78.0 Å². The molecule has 0 spiro atoms. The highest BCUT2D eigenvalue weighted by Crippen LogP contribution is 2.37. The molecule has 2 heteroatoms. The first-order valence-corrected chi connectivity index (χ1v) is 7.15. The van der Waals surface area contributed by atoms with E-state index in [-0.39, 0.29) is 6.10 Å². The monoisotopic (exact) mass is 244 g/mol. The first-order valence-electron chi connectivity index (χ1n) is 7.15. The third-order valence-corrected chi connectivity index (χ3v) is 4.01. The highest BCUT2D eigenvalue weighted by atomic mass is 19.1. The van der Waals surface area contributed by atoms with E-state index < -0.39 is 5.67 Å². The van der Waals surface area contributed by atoms with E-state index in [0.717, 1.165) is 12.8 Å². The SMILES string of the molecule is CC(C)C(O)C[C@H]1CCCC(CC(C)(C)F)C1. The number of alkyl halides is 1. The Morgan fingerprint density at radius 2 is 1.82 bits per heavy atom. The van der Waals surface area contributed by atoms with Crippen LogP contribution in [0.2, 0.25) is 0 Å². The van der Waals surface area contributed by atoms with E-state index in [1.807, 2.05) is 0 Å². The fourth-order valence-corrected chi connectivity index (χ4v) is 3.10. The normalized spacial score (nSPS) is 28.4. The van der Waals surface area contributed by atoms with Gasteiger partial charge in [-0.1, -0.05) is 33.1 Å². The maximum atomic E-state index is 13.6. The summed E-state index contributed by atoms with van der Waals surface area (Å²) in [6, 6.07) is 0. The van der Waals surface area contributed by atoms with Gasteiger partial charge in [0.1, 0.15) is 5.67 Å². The summed E-state index contributed by atoms with van der Waals surface area (Å²) in [4.78, 5) is 0. The number of aliphatic hydroxyl groups is 1. The van der Waals surface area contributed by atoms with Gasteiger partial charge >= 0.3 is 0 Å². The number of halogens is 1. The molecule has 3 atom stereocenters. The van der Waals surface area contributed by atoms with Gasteiger partial charge in [0.05, 0.1) is 6.10 Å². The molecule has 1 aliphatic rings. The molecule has 17 heavy (non-hydrogen) atoms. The Balaban J connectivity index is 2.38. The van der Waals surface area contributed by atoms with Crippen LogP contribution in [0.5, 0.6) is 0 Å². The van der Waals surface area contributed by atoms with Gasteiger partial charge in [-0.3, -0.25) is 0 Å². The molecule has 0 aromatic carbocycles. The van der Waals surface area contributed by atoms with Gasteiger partial charge in [-0.05, 0) is 50.9 Å². The molecule has 1 nitrogen and oxygen atoms in total. The van der Waals surface area contributed by atoms with Crippen molar-refractivity contribution < 1.29 is 9.50 Å². The van der Waals surface area contributed by atoms with Crippen LogP contribution in [0, 0.1) is 17.8 Å². The van der Waals surface area contributed by atoms with Gasteiger partial charge in [0.15, 0.2) is 0 Å². The molecule has 0 amide bonds. The Bertz CT molecular complexity index is 219. The van der Waals surface area contributed by atoms with E-state index in [0.29, 0.717) is 24.2 Å². The van der Waals surface area contributed by atoms with Crippen LogP contribution >= 0.6 is 0 Å². The van der Waals surface area contributed by atoms with Gasteiger partial charge in [-0.25, -0.2) is 4.39 Å². The minimum absolute atomic E-state index is 0.183. The molecule has 0 aromatic heterocycles. The predicted octanol–water partition coefficient (Wildman–Crippen LogP) is 4.34. The zero-order valence-electron chi connectivity index (χ0n) is 11.9. The molecule has 102 valence electrons. The topological polar surface area (TPSA) is 20.2 Å². The summed E-state index contributed by atoms with van der Waals surface area (Å²) in [6.07, 6.45) is 6.10. The quantitative estimate of drug-likeness (QED) is 0.763. The van der Waals surface area contributed by atoms with Crippen molar-refractivity contribution >= 4 is 0 Å². The fourth-order valence-electron chi connectivity index (χ4n) is 3.10. The number of hydrogen-bond acceptors (Lipinski definition) is 1. The molecule has 0 aromatic rings. The van der Waals surface area contributed by atoms with Crippen LogP contribution in [0.3, 0.4) is 0 Å². The number of rotatable bonds is 5. The first kappa shape index (κ1) is 14.9. The zero-order valence-corrected chi connectivity index (χ0v) is 11.9. The van der Waals surface area contributed by atoms with Crippen molar-refractivity contribution in [2.75, 3.05) is 0 Å². The van der Waals surface area contributed by atoms with Gasteiger partial charge in [0.2, 0.25) is 0 Å². The maximum absolute atomic E-state index is 13.6. The van der Waals surface area contributed by atoms with Crippen LogP contribution in [0.1, 0.15) is 66.2 Å². The molecular weight excluding hydrogens is 215 g/mol. The summed E-state index contributed by atoms with van der Waals surface area (Å²) in [5.41, 5.74) is -1.04. The predicted molar refractivity (Wildman–Crippen MR) is 70.7 cm³/mol. The summed E-state index contributed by atoms with van der Waals surface area (Å²) < 4.78 is 13.6. The second-order valence-electron chi connectivity index (χ2n) is 6.87. The van der Waals surface area contributed by atoms with Gasteiger partial charge in [0, 0.05) is 0 Å². The molecule has 1 aliphatic carbocycles. The van der Waals surface area contributed by atoms with Crippen molar-refractivity contribution in [2.24, 2.45) is 17.8 Å². The Morgan fingerprint density at radius 1 is 1.24 bits per heavy atom. The van der Waals surface area contributed by atoms with Gasteiger partial charge in [-0.2, -0.15) is 0 Å².